The number of phenols is 1. The number of amides is 1. The van der Waals surface area contributed by atoms with Gasteiger partial charge >= 0.3 is 0 Å². The molecule has 0 unspecified atom stereocenters. The van der Waals surface area contributed by atoms with Crippen molar-refractivity contribution in [3.8, 4) is 17.0 Å². The Bertz CT molecular complexity index is 951. The topological polar surface area (TPSA) is 101 Å². The molecule has 3 aromatic rings. The van der Waals surface area contributed by atoms with E-state index in [1.54, 1.807) is 30.5 Å². The highest BCUT2D eigenvalue weighted by molar-refractivity contribution is 5.92. The van der Waals surface area contributed by atoms with Crippen LogP contribution in [-0.2, 0) is 17.6 Å². The van der Waals surface area contributed by atoms with Gasteiger partial charge in [0.15, 0.2) is 5.82 Å². The predicted octanol–water partition coefficient (Wildman–Crippen LogP) is 3.81. The first-order valence-corrected chi connectivity index (χ1v) is 9.20. The van der Waals surface area contributed by atoms with Gasteiger partial charge in [-0.25, -0.2) is 9.97 Å². The van der Waals surface area contributed by atoms with Crippen LogP contribution in [0.1, 0.15) is 25.1 Å². The number of nitrogen functional groups attached to an aromatic ring is 1. The van der Waals surface area contributed by atoms with Gasteiger partial charge in [0, 0.05) is 11.3 Å². The first-order chi connectivity index (χ1) is 13.4. The van der Waals surface area contributed by atoms with Gasteiger partial charge in [-0.1, -0.05) is 38.1 Å². The number of nitrogens with two attached hydrogens (primary N) is 1. The van der Waals surface area contributed by atoms with Crippen LogP contribution in [0.15, 0.2) is 54.7 Å². The summed E-state index contributed by atoms with van der Waals surface area (Å²) in [6, 6.07) is 14.0. The van der Waals surface area contributed by atoms with Crippen LogP contribution in [0.2, 0.25) is 0 Å². The molecule has 0 saturated heterocycles. The fraction of sp³-hybridized carbons (Fsp3) is 0.227. The third kappa shape index (κ3) is 5.07. The van der Waals surface area contributed by atoms with Gasteiger partial charge in [-0.15, -0.1) is 0 Å². The second-order valence-corrected chi connectivity index (χ2v) is 7.16. The molecule has 28 heavy (non-hydrogen) atoms. The lowest BCUT2D eigenvalue weighted by molar-refractivity contribution is -0.115. The van der Waals surface area contributed by atoms with E-state index in [4.69, 9.17) is 10.7 Å². The van der Waals surface area contributed by atoms with Crippen LogP contribution in [0.5, 0.6) is 5.75 Å². The number of aromatic hydroxyl groups is 1. The molecule has 0 bridgehead atoms. The standard InChI is InChI=1S/C22H24N4O2/c1-14(2)11-19-22(26-21(28)12-15-3-9-18(27)10-4-15)24-13-20(25-19)16-5-7-17(23)8-6-16/h3-10,13-14,27H,11-12,23H2,1-2H3,(H,24,26,28). The van der Waals surface area contributed by atoms with Crippen molar-refractivity contribution in [3.05, 3.63) is 66.0 Å². The second-order valence-electron chi connectivity index (χ2n) is 7.16. The molecule has 2 aromatic carbocycles. The summed E-state index contributed by atoms with van der Waals surface area (Å²) in [4.78, 5) is 21.6. The van der Waals surface area contributed by atoms with E-state index in [0.717, 1.165) is 22.5 Å². The van der Waals surface area contributed by atoms with Gasteiger partial charge in [-0.3, -0.25) is 4.79 Å². The lowest BCUT2D eigenvalue weighted by Gasteiger charge is -2.13. The Kier molecular flexibility index (Phi) is 5.89. The number of nitrogens with zero attached hydrogens (tertiary/aromatic N) is 2. The first-order valence-electron chi connectivity index (χ1n) is 9.20. The zero-order valence-electron chi connectivity index (χ0n) is 16.0. The molecular weight excluding hydrogens is 352 g/mol. The molecule has 0 aliphatic carbocycles. The molecule has 1 heterocycles. The average Bonchev–Trinajstić information content (AvgIpc) is 2.65. The highest BCUT2D eigenvalue weighted by Crippen LogP contribution is 2.23. The number of nitrogens with one attached hydrogen (secondary N) is 1. The van der Waals surface area contributed by atoms with E-state index in [9.17, 15) is 9.90 Å². The number of hydrogen-bond acceptors (Lipinski definition) is 5. The zero-order chi connectivity index (χ0) is 20.1. The summed E-state index contributed by atoms with van der Waals surface area (Å²) in [5, 5.41) is 12.2. The fourth-order valence-corrected chi connectivity index (χ4v) is 2.83. The Hall–Kier alpha value is -3.41. The molecule has 144 valence electrons. The van der Waals surface area contributed by atoms with E-state index in [2.05, 4.69) is 24.1 Å². The van der Waals surface area contributed by atoms with E-state index < -0.39 is 0 Å². The molecule has 0 saturated carbocycles. The third-order valence-corrected chi connectivity index (χ3v) is 4.21. The van der Waals surface area contributed by atoms with Crippen LogP contribution in [0.3, 0.4) is 0 Å². The van der Waals surface area contributed by atoms with Crippen molar-refractivity contribution in [2.75, 3.05) is 11.1 Å². The number of rotatable bonds is 6. The van der Waals surface area contributed by atoms with Crippen LogP contribution < -0.4 is 11.1 Å². The molecule has 1 aromatic heterocycles. The van der Waals surface area contributed by atoms with Gasteiger partial charge in [0.05, 0.1) is 24.0 Å². The quantitative estimate of drug-likeness (QED) is 0.568. The van der Waals surface area contributed by atoms with Crippen LogP contribution >= 0.6 is 0 Å². The minimum atomic E-state index is -0.176. The summed E-state index contributed by atoms with van der Waals surface area (Å²) in [5.41, 5.74) is 9.68. The number of benzene rings is 2. The lowest BCUT2D eigenvalue weighted by Crippen LogP contribution is -2.18. The summed E-state index contributed by atoms with van der Waals surface area (Å²) < 4.78 is 0. The van der Waals surface area contributed by atoms with Crippen molar-refractivity contribution in [1.82, 2.24) is 9.97 Å². The van der Waals surface area contributed by atoms with Crippen LogP contribution in [0.4, 0.5) is 11.5 Å². The number of aromatic nitrogens is 2. The number of carbonyl (C=O) groups excluding carboxylic acids is 1. The molecule has 3 rings (SSSR count). The zero-order valence-corrected chi connectivity index (χ0v) is 16.0. The molecule has 0 aliphatic rings. The molecule has 4 N–H and O–H groups in total. The Morgan fingerprint density at radius 2 is 1.79 bits per heavy atom. The summed E-state index contributed by atoms with van der Waals surface area (Å²) in [6.07, 6.45) is 2.55. The van der Waals surface area contributed by atoms with Gasteiger partial charge in [0.1, 0.15) is 5.75 Å². The molecule has 0 fully saturated rings. The maximum atomic E-state index is 12.4. The second kappa shape index (κ2) is 8.52. The molecule has 0 radical (unpaired) electrons. The summed E-state index contributed by atoms with van der Waals surface area (Å²) in [7, 11) is 0. The molecule has 0 atom stereocenters. The van der Waals surface area contributed by atoms with Gasteiger partial charge in [0.2, 0.25) is 5.91 Å². The molecule has 0 aliphatic heterocycles. The fourth-order valence-electron chi connectivity index (χ4n) is 2.83. The molecule has 0 spiro atoms. The van der Waals surface area contributed by atoms with Crippen molar-refractivity contribution >= 4 is 17.4 Å². The number of phenolic OH excluding ortho intramolecular Hbond substituents is 1. The number of anilines is 2. The molecular formula is C22H24N4O2. The number of carbonyl (C=O) groups is 1. The van der Waals surface area contributed by atoms with Crippen molar-refractivity contribution in [1.29, 1.82) is 0 Å². The Morgan fingerprint density at radius 1 is 1.11 bits per heavy atom. The maximum Gasteiger partial charge on any atom is 0.229 e. The van der Waals surface area contributed by atoms with Gasteiger partial charge in [0.25, 0.3) is 0 Å². The Balaban J connectivity index is 1.81. The summed E-state index contributed by atoms with van der Waals surface area (Å²) >= 11 is 0. The third-order valence-electron chi connectivity index (χ3n) is 4.21. The van der Waals surface area contributed by atoms with Crippen molar-refractivity contribution in [3.63, 3.8) is 0 Å². The van der Waals surface area contributed by atoms with E-state index in [1.165, 1.54) is 0 Å². The van der Waals surface area contributed by atoms with Crippen LogP contribution in [-0.4, -0.2) is 21.0 Å². The van der Waals surface area contributed by atoms with E-state index in [0.29, 0.717) is 23.8 Å². The Labute approximate surface area is 164 Å². The highest BCUT2D eigenvalue weighted by atomic mass is 16.3. The average molecular weight is 376 g/mol. The van der Waals surface area contributed by atoms with Crippen LogP contribution in [0, 0.1) is 5.92 Å². The number of hydrogen-bond donors (Lipinski definition) is 3. The van der Waals surface area contributed by atoms with Gasteiger partial charge < -0.3 is 16.2 Å². The van der Waals surface area contributed by atoms with E-state index >= 15 is 0 Å². The summed E-state index contributed by atoms with van der Waals surface area (Å²) in [5.74, 6) is 0.845. The summed E-state index contributed by atoms with van der Waals surface area (Å²) in [6.45, 7) is 4.19. The SMILES string of the molecule is CC(C)Cc1nc(-c2ccc(N)cc2)cnc1NC(=O)Cc1ccc(O)cc1. The van der Waals surface area contributed by atoms with Crippen molar-refractivity contribution in [2.45, 2.75) is 26.7 Å². The largest absolute Gasteiger partial charge is 0.508 e. The van der Waals surface area contributed by atoms with Gasteiger partial charge in [-0.05, 0) is 42.2 Å². The lowest BCUT2D eigenvalue weighted by atomic mass is 10.1. The van der Waals surface area contributed by atoms with E-state index in [-0.39, 0.29) is 18.1 Å². The Morgan fingerprint density at radius 3 is 2.43 bits per heavy atom. The maximum absolute atomic E-state index is 12.4. The first kappa shape index (κ1) is 19.4. The normalized spacial score (nSPS) is 10.8. The predicted molar refractivity (Wildman–Crippen MR) is 111 cm³/mol. The minimum Gasteiger partial charge on any atom is -0.508 e. The van der Waals surface area contributed by atoms with Crippen LogP contribution in [0.25, 0.3) is 11.3 Å². The highest BCUT2D eigenvalue weighted by Gasteiger charge is 2.14. The minimum absolute atomic E-state index is 0.174. The van der Waals surface area contributed by atoms with E-state index in [1.807, 2.05) is 24.3 Å². The van der Waals surface area contributed by atoms with Crippen molar-refractivity contribution in [2.24, 2.45) is 5.92 Å². The smallest absolute Gasteiger partial charge is 0.229 e. The molecule has 6 nitrogen and oxygen atoms in total. The monoisotopic (exact) mass is 376 g/mol. The van der Waals surface area contributed by atoms with Gasteiger partial charge in [-0.2, -0.15) is 0 Å². The van der Waals surface area contributed by atoms with Crippen molar-refractivity contribution < 1.29 is 9.90 Å². The molecule has 1 amide bonds. The molecule has 6 heteroatoms.